The molecule has 0 aliphatic heterocycles. The molecule has 1 saturated carbocycles. The molecule has 1 aliphatic carbocycles. The fourth-order valence-electron chi connectivity index (χ4n) is 3.11. The Bertz CT molecular complexity index is 653. The van der Waals surface area contributed by atoms with Gasteiger partial charge >= 0.3 is 0 Å². The van der Waals surface area contributed by atoms with Crippen molar-refractivity contribution in [1.29, 1.82) is 0 Å². The van der Waals surface area contributed by atoms with E-state index >= 15 is 0 Å². The molecular formula is C18H23N3O2. The molecule has 5 nitrogen and oxygen atoms in total. The summed E-state index contributed by atoms with van der Waals surface area (Å²) in [4.78, 5) is 12.2. The number of nitrogens with one attached hydrogen (secondary N) is 1. The summed E-state index contributed by atoms with van der Waals surface area (Å²) in [6, 6.07) is 10.0. The smallest absolute Gasteiger partial charge is 0.226 e. The predicted octanol–water partition coefficient (Wildman–Crippen LogP) is 2.27. The molecule has 3 rings (SSSR count). The number of rotatable bonds is 5. The molecule has 1 aromatic heterocycles. The number of aromatic nitrogens is 2. The van der Waals surface area contributed by atoms with Crippen LogP contribution in [-0.2, 0) is 11.3 Å². The van der Waals surface area contributed by atoms with E-state index in [1.54, 1.807) is 6.20 Å². The molecule has 0 spiro atoms. The molecule has 122 valence electrons. The number of benzene rings is 1. The molecule has 1 fully saturated rings. The van der Waals surface area contributed by atoms with Gasteiger partial charge in [-0.2, -0.15) is 5.10 Å². The van der Waals surface area contributed by atoms with Crippen LogP contribution < -0.4 is 5.32 Å². The minimum absolute atomic E-state index is 0.0571. The summed E-state index contributed by atoms with van der Waals surface area (Å²) < 4.78 is 1.87. The summed E-state index contributed by atoms with van der Waals surface area (Å²) in [7, 11) is 0. The monoisotopic (exact) mass is 313 g/mol. The Balaban J connectivity index is 1.60. The van der Waals surface area contributed by atoms with E-state index in [0.29, 0.717) is 6.54 Å². The largest absolute Gasteiger partial charge is 0.392 e. The van der Waals surface area contributed by atoms with Gasteiger partial charge in [-0.05, 0) is 31.7 Å². The Labute approximate surface area is 136 Å². The van der Waals surface area contributed by atoms with Crippen LogP contribution in [-0.4, -0.2) is 26.9 Å². The summed E-state index contributed by atoms with van der Waals surface area (Å²) in [5, 5.41) is 17.2. The zero-order chi connectivity index (χ0) is 16.2. The van der Waals surface area contributed by atoms with Crippen LogP contribution in [0.2, 0.25) is 0 Å². The average Bonchev–Trinajstić information content (AvgIpc) is 3.17. The topological polar surface area (TPSA) is 67.2 Å². The van der Waals surface area contributed by atoms with Gasteiger partial charge in [0.2, 0.25) is 5.91 Å². The summed E-state index contributed by atoms with van der Waals surface area (Å²) in [5.41, 5.74) is 2.16. The van der Waals surface area contributed by atoms with Gasteiger partial charge < -0.3 is 10.4 Å². The average molecular weight is 313 g/mol. The molecule has 2 aromatic rings. The van der Waals surface area contributed by atoms with Crippen molar-refractivity contribution in [2.45, 2.75) is 44.9 Å². The first-order valence-electron chi connectivity index (χ1n) is 8.18. The van der Waals surface area contributed by atoms with Gasteiger partial charge in [0, 0.05) is 11.8 Å². The number of hydrogen-bond acceptors (Lipinski definition) is 3. The van der Waals surface area contributed by atoms with Crippen molar-refractivity contribution < 1.29 is 9.90 Å². The van der Waals surface area contributed by atoms with E-state index in [9.17, 15) is 9.90 Å². The highest BCUT2D eigenvalue weighted by Gasteiger charge is 2.32. The van der Waals surface area contributed by atoms with Gasteiger partial charge in [-0.3, -0.25) is 9.48 Å². The van der Waals surface area contributed by atoms with Crippen LogP contribution in [0.25, 0.3) is 0 Å². The molecule has 1 aliphatic rings. The minimum Gasteiger partial charge on any atom is -0.392 e. The third-order valence-corrected chi connectivity index (χ3v) is 4.52. The number of aliphatic hydroxyl groups excluding tert-OH is 1. The molecule has 3 unspecified atom stereocenters. The number of nitrogens with zero attached hydrogens (tertiary/aromatic N) is 2. The van der Waals surface area contributed by atoms with Gasteiger partial charge in [0.1, 0.15) is 0 Å². The molecule has 1 amide bonds. The Hall–Kier alpha value is -2.14. The van der Waals surface area contributed by atoms with Gasteiger partial charge in [-0.1, -0.05) is 30.3 Å². The molecule has 5 heteroatoms. The SMILES string of the molecule is CC(NC(=O)C1CCCC1O)c1cnn(Cc2ccccc2)c1. The van der Waals surface area contributed by atoms with Crippen LogP contribution in [0.4, 0.5) is 0 Å². The van der Waals surface area contributed by atoms with E-state index in [1.807, 2.05) is 36.0 Å². The Kier molecular flexibility index (Phi) is 4.76. The maximum Gasteiger partial charge on any atom is 0.226 e. The van der Waals surface area contributed by atoms with Gasteiger partial charge in [-0.25, -0.2) is 0 Å². The van der Waals surface area contributed by atoms with Crippen molar-refractivity contribution in [1.82, 2.24) is 15.1 Å². The zero-order valence-electron chi connectivity index (χ0n) is 13.4. The van der Waals surface area contributed by atoms with Crippen LogP contribution in [0.5, 0.6) is 0 Å². The lowest BCUT2D eigenvalue weighted by Crippen LogP contribution is -2.36. The van der Waals surface area contributed by atoms with E-state index in [1.165, 1.54) is 5.56 Å². The number of amides is 1. The molecule has 2 N–H and O–H groups in total. The maximum atomic E-state index is 12.2. The van der Waals surface area contributed by atoms with Crippen molar-refractivity contribution in [3.8, 4) is 0 Å². The summed E-state index contributed by atoms with van der Waals surface area (Å²) in [6.45, 7) is 2.66. The van der Waals surface area contributed by atoms with E-state index in [-0.39, 0.29) is 17.9 Å². The zero-order valence-corrected chi connectivity index (χ0v) is 13.4. The molecule has 23 heavy (non-hydrogen) atoms. The van der Waals surface area contributed by atoms with Crippen LogP contribution in [0.1, 0.15) is 43.4 Å². The van der Waals surface area contributed by atoms with Crippen LogP contribution in [0.3, 0.4) is 0 Å². The quantitative estimate of drug-likeness (QED) is 0.890. The number of carbonyl (C=O) groups excluding carboxylic acids is 1. The second-order valence-corrected chi connectivity index (χ2v) is 6.29. The number of carbonyl (C=O) groups is 1. The normalized spacial score (nSPS) is 22.0. The lowest BCUT2D eigenvalue weighted by molar-refractivity contribution is -0.128. The molecular weight excluding hydrogens is 290 g/mol. The Morgan fingerprint density at radius 3 is 2.87 bits per heavy atom. The fraction of sp³-hybridized carbons (Fsp3) is 0.444. The highest BCUT2D eigenvalue weighted by Crippen LogP contribution is 2.26. The summed E-state index contributed by atoms with van der Waals surface area (Å²) in [6.07, 6.45) is 5.67. The van der Waals surface area contributed by atoms with Crippen molar-refractivity contribution in [2.24, 2.45) is 5.92 Å². The third-order valence-electron chi connectivity index (χ3n) is 4.52. The second-order valence-electron chi connectivity index (χ2n) is 6.29. The minimum atomic E-state index is -0.497. The Morgan fingerprint density at radius 2 is 2.17 bits per heavy atom. The second kappa shape index (κ2) is 6.96. The maximum absolute atomic E-state index is 12.2. The number of aliphatic hydroxyl groups is 1. The first kappa shape index (κ1) is 15.7. The fourth-order valence-corrected chi connectivity index (χ4v) is 3.11. The van der Waals surface area contributed by atoms with E-state index in [2.05, 4.69) is 22.5 Å². The summed E-state index contributed by atoms with van der Waals surface area (Å²) >= 11 is 0. The highest BCUT2D eigenvalue weighted by atomic mass is 16.3. The molecule has 1 aromatic carbocycles. The van der Waals surface area contributed by atoms with Crippen LogP contribution in [0.15, 0.2) is 42.7 Å². The van der Waals surface area contributed by atoms with E-state index in [4.69, 9.17) is 0 Å². The lowest BCUT2D eigenvalue weighted by Gasteiger charge is -2.18. The highest BCUT2D eigenvalue weighted by molar-refractivity contribution is 5.80. The van der Waals surface area contributed by atoms with E-state index < -0.39 is 6.10 Å². The van der Waals surface area contributed by atoms with Gasteiger partial charge in [-0.15, -0.1) is 0 Å². The predicted molar refractivity (Wildman–Crippen MR) is 87.7 cm³/mol. The molecule has 0 saturated heterocycles. The van der Waals surface area contributed by atoms with Gasteiger partial charge in [0.25, 0.3) is 0 Å². The molecule has 0 bridgehead atoms. The van der Waals surface area contributed by atoms with Crippen molar-refractivity contribution in [3.63, 3.8) is 0 Å². The molecule has 3 atom stereocenters. The van der Waals surface area contributed by atoms with Crippen LogP contribution in [0, 0.1) is 5.92 Å². The Morgan fingerprint density at radius 1 is 1.39 bits per heavy atom. The number of hydrogen-bond donors (Lipinski definition) is 2. The van der Waals surface area contributed by atoms with Crippen molar-refractivity contribution in [3.05, 3.63) is 53.9 Å². The third kappa shape index (κ3) is 3.79. The molecule has 1 heterocycles. The lowest BCUT2D eigenvalue weighted by atomic mass is 10.0. The molecule has 0 radical (unpaired) electrons. The van der Waals surface area contributed by atoms with Crippen molar-refractivity contribution in [2.75, 3.05) is 0 Å². The van der Waals surface area contributed by atoms with Gasteiger partial charge in [0.05, 0.1) is 30.8 Å². The first-order valence-corrected chi connectivity index (χ1v) is 8.18. The van der Waals surface area contributed by atoms with Crippen LogP contribution >= 0.6 is 0 Å². The first-order chi connectivity index (χ1) is 11.1. The van der Waals surface area contributed by atoms with E-state index in [0.717, 1.165) is 24.8 Å². The summed E-state index contributed by atoms with van der Waals surface area (Å²) in [5.74, 6) is -0.324. The van der Waals surface area contributed by atoms with Gasteiger partial charge in [0.15, 0.2) is 0 Å². The standard InChI is InChI=1S/C18H23N3O2/c1-13(20-18(23)16-8-5-9-17(16)22)15-10-19-21(12-15)11-14-6-3-2-4-7-14/h2-4,6-7,10,12-13,16-17,22H,5,8-9,11H2,1H3,(H,20,23). The van der Waals surface area contributed by atoms with Crippen molar-refractivity contribution >= 4 is 5.91 Å².